The van der Waals surface area contributed by atoms with E-state index in [9.17, 15) is 18.4 Å². The summed E-state index contributed by atoms with van der Waals surface area (Å²) in [4.78, 5) is 21.3. The Morgan fingerprint density at radius 3 is 2.64 bits per heavy atom. The van der Waals surface area contributed by atoms with Gasteiger partial charge in [0, 0.05) is 0 Å². The van der Waals surface area contributed by atoms with Crippen molar-refractivity contribution < 1.29 is 32.6 Å². The van der Waals surface area contributed by atoms with Gasteiger partial charge in [-0.2, -0.15) is 0 Å². The Bertz CT molecular complexity index is 228. The van der Waals surface area contributed by atoms with Crippen molar-refractivity contribution in [2.45, 2.75) is 6.29 Å². The molecule has 0 saturated carbocycles. The van der Waals surface area contributed by atoms with Crippen LogP contribution in [0.2, 0.25) is 0 Å². The Hall–Kier alpha value is -1.40. The van der Waals surface area contributed by atoms with Crippen molar-refractivity contribution in [2.75, 3.05) is 20.0 Å². The number of cyclic esters (lactones) is 2. The fourth-order valence-electron chi connectivity index (χ4n) is 0.763. The molecule has 1 heterocycles. The minimum absolute atomic E-state index is 0.254. The van der Waals surface area contributed by atoms with E-state index in [4.69, 9.17) is 0 Å². The number of carbonyl (C=O) groups is 2. The number of ether oxygens (including phenoxy) is 3. The van der Waals surface area contributed by atoms with Crippen LogP contribution in [-0.2, 0) is 19.0 Å². The van der Waals surface area contributed by atoms with Gasteiger partial charge in [-0.1, -0.05) is 0 Å². The van der Waals surface area contributed by atoms with Crippen molar-refractivity contribution in [1.82, 2.24) is 0 Å². The minimum atomic E-state index is -1.46. The second-order valence-electron chi connectivity index (χ2n) is 2.55. The van der Waals surface area contributed by atoms with E-state index in [0.29, 0.717) is 0 Å². The third-order valence-electron chi connectivity index (χ3n) is 1.52. The van der Waals surface area contributed by atoms with Crippen LogP contribution in [0.5, 0.6) is 0 Å². The second kappa shape index (κ2) is 4.73. The van der Waals surface area contributed by atoms with Gasteiger partial charge in [-0.15, -0.1) is 0 Å². The highest BCUT2D eigenvalue weighted by Crippen LogP contribution is 2.11. The van der Waals surface area contributed by atoms with Gasteiger partial charge < -0.3 is 14.2 Å². The number of hydrogen-bond donors (Lipinski definition) is 0. The van der Waals surface area contributed by atoms with Crippen LogP contribution in [0, 0.1) is 5.92 Å². The fourth-order valence-corrected chi connectivity index (χ4v) is 0.763. The molecule has 0 aliphatic carbocycles. The highest BCUT2D eigenvalue weighted by molar-refractivity contribution is 5.73. The van der Waals surface area contributed by atoms with Crippen LogP contribution in [0.3, 0.4) is 0 Å². The molecule has 0 aromatic rings. The lowest BCUT2D eigenvalue weighted by Crippen LogP contribution is -2.28. The predicted octanol–water partition coefficient (Wildman–Crippen LogP) is 0.578. The van der Waals surface area contributed by atoms with Crippen molar-refractivity contribution in [1.29, 1.82) is 0 Å². The first kappa shape index (κ1) is 10.7. The zero-order valence-corrected chi connectivity index (χ0v) is 7.07. The van der Waals surface area contributed by atoms with Crippen LogP contribution >= 0.6 is 0 Å². The van der Waals surface area contributed by atoms with Crippen LogP contribution in [0.15, 0.2) is 0 Å². The quantitative estimate of drug-likeness (QED) is 0.635. The molecule has 0 spiro atoms. The van der Waals surface area contributed by atoms with Gasteiger partial charge in [0.25, 0.3) is 6.29 Å². The largest absolute Gasteiger partial charge is 0.511 e. The molecule has 5 nitrogen and oxygen atoms in total. The summed E-state index contributed by atoms with van der Waals surface area (Å²) in [5, 5.41) is 0. The van der Waals surface area contributed by atoms with Crippen LogP contribution in [-0.4, -0.2) is 38.4 Å². The first-order chi connectivity index (χ1) is 6.67. The zero-order valence-electron chi connectivity index (χ0n) is 7.07. The Morgan fingerprint density at radius 2 is 2.21 bits per heavy atom. The first-order valence-electron chi connectivity index (χ1n) is 3.83. The molecule has 80 valence electrons. The summed E-state index contributed by atoms with van der Waals surface area (Å²) >= 11 is 0. The van der Waals surface area contributed by atoms with E-state index < -0.39 is 37.7 Å². The molecule has 1 aliphatic heterocycles. The Balaban J connectivity index is 2.36. The van der Waals surface area contributed by atoms with E-state index in [1.165, 1.54) is 0 Å². The smallest absolute Gasteiger partial charge is 0.426 e. The highest BCUT2D eigenvalue weighted by Gasteiger charge is 2.31. The van der Waals surface area contributed by atoms with E-state index in [1.54, 1.807) is 0 Å². The van der Waals surface area contributed by atoms with Crippen molar-refractivity contribution in [3.05, 3.63) is 0 Å². The van der Waals surface area contributed by atoms with Gasteiger partial charge >= 0.3 is 12.1 Å². The number of rotatable bonds is 4. The Kier molecular flexibility index (Phi) is 3.61. The molecule has 1 aliphatic rings. The molecule has 0 bridgehead atoms. The summed E-state index contributed by atoms with van der Waals surface area (Å²) in [5.74, 6) is -2.55. The molecule has 1 saturated heterocycles. The molecule has 0 N–H and O–H groups in total. The van der Waals surface area contributed by atoms with Gasteiger partial charge in [-0.25, -0.2) is 4.79 Å². The zero-order chi connectivity index (χ0) is 10.6. The number of halogens is 2. The number of hydrogen-bond acceptors (Lipinski definition) is 5. The predicted molar refractivity (Wildman–Crippen MR) is 37.8 cm³/mol. The van der Waals surface area contributed by atoms with Crippen LogP contribution in [0.4, 0.5) is 13.6 Å². The molecule has 0 aromatic heterocycles. The van der Waals surface area contributed by atoms with Crippen LogP contribution in [0.1, 0.15) is 0 Å². The third kappa shape index (κ3) is 2.54. The van der Waals surface area contributed by atoms with E-state index >= 15 is 0 Å². The van der Waals surface area contributed by atoms with E-state index in [1.807, 2.05) is 0 Å². The lowest BCUT2D eigenvalue weighted by atomic mass is 10.2. The number of carbonyl (C=O) groups excluding carboxylic acids is 2. The van der Waals surface area contributed by atoms with E-state index in [0.717, 1.165) is 0 Å². The Morgan fingerprint density at radius 1 is 1.57 bits per heavy atom. The lowest BCUT2D eigenvalue weighted by Gasteiger charge is -2.11. The standard InChI is InChI=1S/C7H8F2O5/c8-1-4(2-9)6(10)13-5-3-12-7(11)14-5/h4-5H,1-3H2. The minimum Gasteiger partial charge on any atom is -0.426 e. The molecule has 1 unspecified atom stereocenters. The molecular weight excluding hydrogens is 202 g/mol. The fraction of sp³-hybridized carbons (Fsp3) is 0.714. The maximum Gasteiger partial charge on any atom is 0.511 e. The van der Waals surface area contributed by atoms with Gasteiger partial charge in [0.05, 0.1) is 0 Å². The summed E-state index contributed by atoms with van der Waals surface area (Å²) in [6, 6.07) is 0. The lowest BCUT2D eigenvalue weighted by molar-refractivity contribution is -0.169. The van der Waals surface area contributed by atoms with Crippen molar-refractivity contribution in [3.63, 3.8) is 0 Å². The Labute approximate surface area is 77.9 Å². The highest BCUT2D eigenvalue weighted by atomic mass is 19.1. The molecule has 1 atom stereocenters. The molecule has 14 heavy (non-hydrogen) atoms. The summed E-state index contributed by atoms with van der Waals surface area (Å²) in [6.07, 6.45) is -2.17. The maximum absolute atomic E-state index is 12.0. The van der Waals surface area contributed by atoms with Gasteiger partial charge in [-0.3, -0.25) is 13.6 Å². The molecule has 1 fully saturated rings. The van der Waals surface area contributed by atoms with Crippen molar-refractivity contribution in [2.24, 2.45) is 5.92 Å². The van der Waals surface area contributed by atoms with E-state index in [-0.39, 0.29) is 6.61 Å². The molecule has 0 amide bonds. The summed E-state index contributed by atoms with van der Waals surface area (Å²) in [5.41, 5.74) is 0. The normalized spacial score (nSPS) is 20.5. The number of esters is 1. The molecule has 7 heteroatoms. The molecule has 1 rings (SSSR count). The van der Waals surface area contributed by atoms with Gasteiger partial charge in [-0.05, 0) is 0 Å². The second-order valence-corrected chi connectivity index (χ2v) is 2.55. The molecule has 0 radical (unpaired) electrons. The van der Waals surface area contributed by atoms with Crippen molar-refractivity contribution >= 4 is 12.1 Å². The average Bonchev–Trinajstić information content (AvgIpc) is 2.53. The summed E-state index contributed by atoms with van der Waals surface area (Å²) in [7, 11) is 0. The van der Waals surface area contributed by atoms with Gasteiger partial charge in [0.15, 0.2) is 6.61 Å². The van der Waals surface area contributed by atoms with Crippen molar-refractivity contribution in [3.8, 4) is 0 Å². The summed E-state index contributed by atoms with van der Waals surface area (Å²) < 4.78 is 37.0. The SMILES string of the molecule is O=C1OCC(OC(=O)C(CF)CF)O1. The topological polar surface area (TPSA) is 61.8 Å². The first-order valence-corrected chi connectivity index (χ1v) is 3.83. The van der Waals surface area contributed by atoms with Gasteiger partial charge in [0.1, 0.15) is 19.3 Å². The maximum atomic E-state index is 12.0. The molecular formula is C7H8F2O5. The van der Waals surface area contributed by atoms with Crippen LogP contribution < -0.4 is 0 Å². The monoisotopic (exact) mass is 210 g/mol. The number of alkyl halides is 2. The van der Waals surface area contributed by atoms with Crippen LogP contribution in [0.25, 0.3) is 0 Å². The summed E-state index contributed by atoms with van der Waals surface area (Å²) in [6.45, 7) is -2.57. The van der Waals surface area contributed by atoms with Gasteiger partial charge in [0.2, 0.25) is 0 Å². The van der Waals surface area contributed by atoms with E-state index in [2.05, 4.69) is 14.2 Å². The average molecular weight is 210 g/mol. The molecule has 0 aromatic carbocycles. The third-order valence-corrected chi connectivity index (χ3v) is 1.52.